The number of nitrogens with zero attached hydrogens (tertiary/aromatic N) is 1. The lowest BCUT2D eigenvalue weighted by Gasteiger charge is -2.18. The summed E-state index contributed by atoms with van der Waals surface area (Å²) in [6, 6.07) is 11.8. The molecule has 2 aromatic rings. The van der Waals surface area contributed by atoms with Gasteiger partial charge < -0.3 is 20.7 Å². The summed E-state index contributed by atoms with van der Waals surface area (Å²) < 4.78 is 31.7. The maximum Gasteiger partial charge on any atom is 0.224 e. The van der Waals surface area contributed by atoms with Crippen LogP contribution < -0.4 is 20.7 Å². The van der Waals surface area contributed by atoms with Crippen LogP contribution in [0.2, 0.25) is 0 Å². The second-order valence-electron chi connectivity index (χ2n) is 6.42. The zero-order valence-corrected chi connectivity index (χ0v) is 19.3. The van der Waals surface area contributed by atoms with E-state index in [1.807, 2.05) is 6.92 Å². The van der Waals surface area contributed by atoms with Gasteiger partial charge in [-0.15, -0.1) is 24.0 Å². The summed E-state index contributed by atoms with van der Waals surface area (Å²) in [4.78, 5) is 16.0. The maximum absolute atomic E-state index is 13.2. The predicted octanol–water partition coefficient (Wildman–Crippen LogP) is 2.87. The molecule has 0 aliphatic rings. The second kappa shape index (κ2) is 13.7. The number of carbonyl (C=O) groups is 1. The summed E-state index contributed by atoms with van der Waals surface area (Å²) in [6.07, 6.45) is -0.00638. The van der Waals surface area contributed by atoms with Gasteiger partial charge in [-0.05, 0) is 36.8 Å². The summed E-state index contributed by atoms with van der Waals surface area (Å²) in [5, 5.41) is 8.98. The molecule has 2 aromatic carbocycles. The number of hydrogen-bond acceptors (Lipinski definition) is 3. The number of halogens is 3. The van der Waals surface area contributed by atoms with Crippen LogP contribution in [0.5, 0.6) is 5.75 Å². The third kappa shape index (κ3) is 9.86. The number of rotatable bonds is 9. The Bertz CT molecular complexity index is 819. The molecule has 0 fully saturated rings. The fourth-order valence-electron chi connectivity index (χ4n) is 2.51. The number of carbonyl (C=O) groups excluding carboxylic acids is 1. The number of aliphatic imine (C=N–C) groups is 1. The van der Waals surface area contributed by atoms with Crippen LogP contribution in [0.15, 0.2) is 53.5 Å². The van der Waals surface area contributed by atoms with Crippen LogP contribution >= 0.6 is 24.0 Å². The van der Waals surface area contributed by atoms with Crippen molar-refractivity contribution in [1.82, 2.24) is 16.0 Å². The summed E-state index contributed by atoms with van der Waals surface area (Å²) in [5.41, 5.74) is 0.752. The normalized spacial score (nSPS) is 11.8. The minimum absolute atomic E-state index is 0. The molecule has 1 amide bonds. The zero-order chi connectivity index (χ0) is 21.1. The Morgan fingerprint density at radius 3 is 2.40 bits per heavy atom. The van der Waals surface area contributed by atoms with Crippen molar-refractivity contribution in [3.05, 3.63) is 65.7 Å². The first-order valence-electron chi connectivity index (χ1n) is 9.34. The van der Waals surface area contributed by atoms with Crippen LogP contribution in [-0.4, -0.2) is 44.7 Å². The number of guanidine groups is 1. The van der Waals surface area contributed by atoms with Gasteiger partial charge in [0.15, 0.2) is 5.96 Å². The molecular weight excluding hydrogens is 505 g/mol. The molecule has 1 unspecified atom stereocenters. The minimum atomic E-state index is -0.346. The van der Waals surface area contributed by atoms with Crippen LogP contribution in [0.4, 0.5) is 8.78 Å². The van der Waals surface area contributed by atoms with E-state index in [1.165, 1.54) is 24.3 Å². The van der Waals surface area contributed by atoms with Crippen molar-refractivity contribution in [3.63, 3.8) is 0 Å². The first kappa shape index (κ1) is 25.6. The van der Waals surface area contributed by atoms with Crippen molar-refractivity contribution in [3.8, 4) is 5.75 Å². The highest BCUT2D eigenvalue weighted by atomic mass is 127. The average Bonchev–Trinajstić information content (AvgIpc) is 2.69. The first-order chi connectivity index (χ1) is 14.0. The first-order valence-corrected chi connectivity index (χ1v) is 9.34. The number of ether oxygens (including phenoxy) is 1. The Labute approximate surface area is 192 Å². The Balaban J connectivity index is 0.00000450. The van der Waals surface area contributed by atoms with Crippen molar-refractivity contribution in [2.45, 2.75) is 19.4 Å². The number of amides is 1. The Morgan fingerprint density at radius 1 is 1.03 bits per heavy atom. The van der Waals surface area contributed by atoms with Crippen molar-refractivity contribution in [1.29, 1.82) is 0 Å². The molecule has 0 saturated heterocycles. The third-order valence-electron chi connectivity index (χ3n) is 3.93. The van der Waals surface area contributed by atoms with Crippen molar-refractivity contribution in [2.75, 3.05) is 26.7 Å². The van der Waals surface area contributed by atoms with Gasteiger partial charge in [0.2, 0.25) is 5.91 Å². The fraction of sp³-hybridized carbons (Fsp3) is 0.333. The number of nitrogens with one attached hydrogen (secondary N) is 3. The van der Waals surface area contributed by atoms with Gasteiger partial charge >= 0.3 is 0 Å². The quantitative estimate of drug-likeness (QED) is 0.201. The summed E-state index contributed by atoms with van der Waals surface area (Å²) in [6.45, 7) is 3.22. The van der Waals surface area contributed by atoms with Crippen LogP contribution in [0.1, 0.15) is 12.5 Å². The van der Waals surface area contributed by atoms with Crippen LogP contribution in [0, 0.1) is 11.6 Å². The molecule has 6 nitrogen and oxygen atoms in total. The van der Waals surface area contributed by atoms with E-state index in [-0.39, 0.29) is 54.0 Å². The topological polar surface area (TPSA) is 74.8 Å². The number of hydrogen-bond donors (Lipinski definition) is 3. The van der Waals surface area contributed by atoms with E-state index in [0.717, 1.165) is 5.56 Å². The van der Waals surface area contributed by atoms with Gasteiger partial charge in [-0.3, -0.25) is 9.79 Å². The van der Waals surface area contributed by atoms with Gasteiger partial charge in [0, 0.05) is 26.2 Å². The standard InChI is InChI=1S/C21H26F2N4O2.HI/c1-15(29-19-5-3-4-18(23)13-19)14-27-21(24-2)26-11-10-25-20(28)12-16-6-8-17(22)9-7-16;/h3-9,13,15H,10-12,14H2,1-2H3,(H,25,28)(H2,24,26,27);1H. The molecule has 164 valence electrons. The Hall–Kier alpha value is -2.43. The molecular formula is C21H27F2IN4O2. The van der Waals surface area contributed by atoms with Crippen LogP contribution in [0.25, 0.3) is 0 Å². The predicted molar refractivity (Wildman–Crippen MR) is 124 cm³/mol. The molecule has 0 aromatic heterocycles. The molecule has 2 rings (SSSR count). The van der Waals surface area contributed by atoms with E-state index in [2.05, 4.69) is 20.9 Å². The highest BCUT2D eigenvalue weighted by molar-refractivity contribution is 14.0. The second-order valence-corrected chi connectivity index (χ2v) is 6.42. The monoisotopic (exact) mass is 532 g/mol. The molecule has 3 N–H and O–H groups in total. The summed E-state index contributed by atoms with van der Waals surface area (Å²) >= 11 is 0. The van der Waals surface area contributed by atoms with E-state index in [0.29, 0.717) is 31.3 Å². The van der Waals surface area contributed by atoms with Crippen LogP contribution in [-0.2, 0) is 11.2 Å². The van der Waals surface area contributed by atoms with Crippen molar-refractivity contribution < 1.29 is 18.3 Å². The van der Waals surface area contributed by atoms with Crippen molar-refractivity contribution >= 4 is 35.8 Å². The Morgan fingerprint density at radius 2 is 1.73 bits per heavy atom. The summed E-state index contributed by atoms with van der Waals surface area (Å²) in [5.74, 6) is 0.214. The lowest BCUT2D eigenvalue weighted by molar-refractivity contribution is -0.120. The van der Waals surface area contributed by atoms with Crippen molar-refractivity contribution in [2.24, 2.45) is 4.99 Å². The van der Waals surface area contributed by atoms with E-state index in [4.69, 9.17) is 4.74 Å². The molecule has 0 radical (unpaired) electrons. The van der Waals surface area contributed by atoms with Gasteiger partial charge in [0.25, 0.3) is 0 Å². The van der Waals surface area contributed by atoms with Gasteiger partial charge in [-0.25, -0.2) is 8.78 Å². The van der Waals surface area contributed by atoms with Gasteiger partial charge in [-0.2, -0.15) is 0 Å². The highest BCUT2D eigenvalue weighted by Crippen LogP contribution is 2.13. The maximum atomic E-state index is 13.2. The van der Waals surface area contributed by atoms with E-state index < -0.39 is 0 Å². The molecule has 0 aliphatic heterocycles. The highest BCUT2D eigenvalue weighted by Gasteiger charge is 2.07. The molecule has 0 saturated carbocycles. The molecule has 0 heterocycles. The van der Waals surface area contributed by atoms with Gasteiger partial charge in [0.05, 0.1) is 13.0 Å². The van der Waals surface area contributed by atoms with E-state index >= 15 is 0 Å². The molecule has 30 heavy (non-hydrogen) atoms. The van der Waals surface area contributed by atoms with Gasteiger partial charge in [-0.1, -0.05) is 18.2 Å². The molecule has 0 bridgehead atoms. The summed E-state index contributed by atoms with van der Waals surface area (Å²) in [7, 11) is 1.64. The van der Waals surface area contributed by atoms with Gasteiger partial charge in [0.1, 0.15) is 23.5 Å². The molecule has 0 aliphatic carbocycles. The zero-order valence-electron chi connectivity index (χ0n) is 17.0. The fourth-order valence-corrected chi connectivity index (χ4v) is 2.51. The molecule has 1 atom stereocenters. The largest absolute Gasteiger partial charge is 0.489 e. The lowest BCUT2D eigenvalue weighted by Crippen LogP contribution is -2.44. The minimum Gasteiger partial charge on any atom is -0.489 e. The Kier molecular flexibility index (Phi) is 11.7. The van der Waals surface area contributed by atoms with E-state index in [1.54, 1.807) is 31.3 Å². The third-order valence-corrected chi connectivity index (χ3v) is 3.93. The van der Waals surface area contributed by atoms with Crippen LogP contribution in [0.3, 0.4) is 0 Å². The molecule has 0 spiro atoms. The SMILES string of the molecule is CN=C(NCCNC(=O)Cc1ccc(F)cc1)NCC(C)Oc1cccc(F)c1.I. The number of benzene rings is 2. The smallest absolute Gasteiger partial charge is 0.224 e. The molecule has 9 heteroatoms. The lowest BCUT2D eigenvalue weighted by atomic mass is 10.1. The van der Waals surface area contributed by atoms with E-state index in [9.17, 15) is 13.6 Å². The average molecular weight is 532 g/mol.